The van der Waals surface area contributed by atoms with Gasteiger partial charge >= 0.3 is 0 Å². The number of pyridine rings is 1. The molecule has 1 amide bonds. The molecule has 7 heteroatoms. The second-order valence-corrected chi connectivity index (χ2v) is 4.89. The van der Waals surface area contributed by atoms with Gasteiger partial charge in [-0.25, -0.2) is 8.78 Å². The van der Waals surface area contributed by atoms with Crippen LogP contribution in [-0.4, -0.2) is 16.6 Å². The number of hydrogen-bond donors (Lipinski definition) is 2. The summed E-state index contributed by atoms with van der Waals surface area (Å²) in [6.07, 6.45) is 3.04. The van der Waals surface area contributed by atoms with Crippen LogP contribution in [0.1, 0.15) is 0 Å². The third-order valence-corrected chi connectivity index (χ3v) is 3.46. The third kappa shape index (κ3) is 3.67. The van der Waals surface area contributed by atoms with Crippen LogP contribution in [0.3, 0.4) is 0 Å². The maximum absolute atomic E-state index is 13.3. The average molecular weight is 295 g/mol. The molecule has 0 radical (unpaired) electrons. The van der Waals surface area contributed by atoms with Crippen molar-refractivity contribution in [2.24, 2.45) is 0 Å². The van der Waals surface area contributed by atoms with E-state index in [-0.39, 0.29) is 11.4 Å². The molecule has 2 aromatic rings. The van der Waals surface area contributed by atoms with E-state index in [2.05, 4.69) is 10.3 Å². The number of rotatable bonds is 4. The summed E-state index contributed by atoms with van der Waals surface area (Å²) in [7, 11) is 0. The highest BCUT2D eigenvalue weighted by atomic mass is 32.2. The lowest BCUT2D eigenvalue weighted by atomic mass is 10.3. The normalized spacial score (nSPS) is 10.3. The molecular weight excluding hydrogens is 284 g/mol. The Bertz CT molecular complexity index is 637. The molecule has 0 aliphatic heterocycles. The Kier molecular flexibility index (Phi) is 4.52. The number of benzene rings is 1. The summed E-state index contributed by atoms with van der Waals surface area (Å²) in [6, 6.07) is 4.55. The van der Waals surface area contributed by atoms with E-state index in [9.17, 15) is 13.6 Å². The number of anilines is 2. The summed E-state index contributed by atoms with van der Waals surface area (Å²) >= 11 is 1.19. The van der Waals surface area contributed by atoms with Crippen molar-refractivity contribution in [2.75, 3.05) is 16.8 Å². The first-order chi connectivity index (χ1) is 9.56. The first-order valence-electron chi connectivity index (χ1n) is 5.63. The molecule has 1 aromatic heterocycles. The van der Waals surface area contributed by atoms with Crippen LogP contribution < -0.4 is 11.1 Å². The predicted octanol–water partition coefficient (Wildman–Crippen LogP) is 2.67. The lowest BCUT2D eigenvalue weighted by Gasteiger charge is -2.07. The largest absolute Gasteiger partial charge is 0.397 e. The van der Waals surface area contributed by atoms with Crippen molar-refractivity contribution >= 4 is 29.0 Å². The number of nitrogen functional groups attached to an aromatic ring is 1. The van der Waals surface area contributed by atoms with E-state index < -0.39 is 17.5 Å². The number of halogens is 2. The maximum Gasteiger partial charge on any atom is 0.234 e. The van der Waals surface area contributed by atoms with E-state index >= 15 is 0 Å². The third-order valence-electron chi connectivity index (χ3n) is 2.37. The fourth-order valence-corrected chi connectivity index (χ4v) is 2.18. The van der Waals surface area contributed by atoms with Gasteiger partial charge in [0.2, 0.25) is 5.91 Å². The minimum atomic E-state index is -0.687. The lowest BCUT2D eigenvalue weighted by molar-refractivity contribution is -0.113. The van der Waals surface area contributed by atoms with Gasteiger partial charge in [-0.1, -0.05) is 0 Å². The molecule has 0 aliphatic carbocycles. The molecule has 0 spiro atoms. The number of nitrogens with zero attached hydrogens (tertiary/aromatic N) is 1. The number of carbonyl (C=O) groups is 1. The van der Waals surface area contributed by atoms with Crippen LogP contribution in [0, 0.1) is 11.6 Å². The molecule has 0 atom stereocenters. The fraction of sp³-hybridized carbons (Fsp3) is 0.0769. The van der Waals surface area contributed by atoms with Crippen molar-refractivity contribution in [3.8, 4) is 0 Å². The summed E-state index contributed by atoms with van der Waals surface area (Å²) in [5.74, 6) is -1.72. The van der Waals surface area contributed by atoms with Gasteiger partial charge in [0.15, 0.2) is 0 Å². The molecule has 0 saturated carbocycles. The smallest absolute Gasteiger partial charge is 0.234 e. The summed E-state index contributed by atoms with van der Waals surface area (Å²) in [5.41, 5.74) is 5.96. The van der Waals surface area contributed by atoms with E-state index in [0.717, 1.165) is 18.2 Å². The highest BCUT2D eigenvalue weighted by molar-refractivity contribution is 8.00. The summed E-state index contributed by atoms with van der Waals surface area (Å²) in [5, 5.41) is 2.31. The Morgan fingerprint density at radius 1 is 1.35 bits per heavy atom. The average Bonchev–Trinajstić information content (AvgIpc) is 2.42. The van der Waals surface area contributed by atoms with E-state index in [0.29, 0.717) is 10.6 Å². The number of amides is 1. The first kappa shape index (κ1) is 14.3. The number of nitrogens with two attached hydrogens (primary N) is 1. The SMILES string of the molecule is Nc1cnccc1SCC(=O)Nc1cc(F)ccc1F. The molecule has 0 aliphatic rings. The molecule has 104 valence electrons. The van der Waals surface area contributed by atoms with Crippen LogP contribution >= 0.6 is 11.8 Å². The van der Waals surface area contributed by atoms with Gasteiger partial charge in [-0.15, -0.1) is 11.8 Å². The Balaban J connectivity index is 1.96. The fourth-order valence-electron chi connectivity index (χ4n) is 1.45. The van der Waals surface area contributed by atoms with Gasteiger partial charge in [0.1, 0.15) is 11.6 Å². The van der Waals surface area contributed by atoms with Gasteiger partial charge in [0.05, 0.1) is 23.3 Å². The number of aromatic nitrogens is 1. The van der Waals surface area contributed by atoms with Crippen molar-refractivity contribution in [1.82, 2.24) is 4.98 Å². The van der Waals surface area contributed by atoms with Gasteiger partial charge in [-0.05, 0) is 18.2 Å². The highest BCUT2D eigenvalue weighted by Crippen LogP contribution is 2.23. The van der Waals surface area contributed by atoms with Crippen LogP contribution in [0.2, 0.25) is 0 Å². The molecule has 0 saturated heterocycles. The zero-order chi connectivity index (χ0) is 14.5. The second-order valence-electron chi connectivity index (χ2n) is 3.87. The molecule has 3 N–H and O–H groups in total. The lowest BCUT2D eigenvalue weighted by Crippen LogP contribution is -2.15. The minimum Gasteiger partial charge on any atom is -0.397 e. The topological polar surface area (TPSA) is 68.0 Å². The summed E-state index contributed by atoms with van der Waals surface area (Å²) < 4.78 is 26.3. The van der Waals surface area contributed by atoms with Crippen molar-refractivity contribution in [3.63, 3.8) is 0 Å². The Labute approximate surface area is 118 Å². The first-order valence-corrected chi connectivity index (χ1v) is 6.62. The number of carbonyl (C=O) groups excluding carboxylic acids is 1. The van der Waals surface area contributed by atoms with Crippen molar-refractivity contribution in [3.05, 3.63) is 48.3 Å². The standard InChI is InChI=1S/C13H11F2N3OS/c14-8-1-2-9(15)11(5-8)18-13(19)7-20-12-3-4-17-6-10(12)16/h1-6H,7,16H2,(H,18,19). The number of hydrogen-bond acceptors (Lipinski definition) is 4. The number of thioether (sulfide) groups is 1. The van der Waals surface area contributed by atoms with Crippen LogP contribution in [-0.2, 0) is 4.79 Å². The van der Waals surface area contributed by atoms with Crippen molar-refractivity contribution in [2.45, 2.75) is 4.90 Å². The monoisotopic (exact) mass is 295 g/mol. The van der Waals surface area contributed by atoms with E-state index in [1.165, 1.54) is 18.0 Å². The Morgan fingerprint density at radius 3 is 2.90 bits per heavy atom. The Hall–Kier alpha value is -2.15. The van der Waals surface area contributed by atoms with Crippen molar-refractivity contribution in [1.29, 1.82) is 0 Å². The van der Waals surface area contributed by atoms with Crippen molar-refractivity contribution < 1.29 is 13.6 Å². The van der Waals surface area contributed by atoms with E-state index in [1.54, 1.807) is 12.3 Å². The van der Waals surface area contributed by atoms with Crippen LogP contribution in [0.25, 0.3) is 0 Å². The molecule has 1 aromatic carbocycles. The zero-order valence-electron chi connectivity index (χ0n) is 10.3. The van der Waals surface area contributed by atoms with Crippen LogP contribution in [0.4, 0.5) is 20.2 Å². The predicted molar refractivity (Wildman–Crippen MR) is 74.4 cm³/mol. The van der Waals surface area contributed by atoms with Gasteiger partial charge in [-0.2, -0.15) is 0 Å². The van der Waals surface area contributed by atoms with Gasteiger partial charge in [0.25, 0.3) is 0 Å². The molecule has 0 bridgehead atoms. The minimum absolute atomic E-state index is 0.0319. The summed E-state index contributed by atoms with van der Waals surface area (Å²) in [4.78, 5) is 16.2. The van der Waals surface area contributed by atoms with E-state index in [1.807, 2.05) is 0 Å². The van der Waals surface area contributed by atoms with Crippen LogP contribution in [0.5, 0.6) is 0 Å². The molecule has 20 heavy (non-hydrogen) atoms. The van der Waals surface area contributed by atoms with Gasteiger partial charge in [0, 0.05) is 17.2 Å². The van der Waals surface area contributed by atoms with Gasteiger partial charge in [-0.3, -0.25) is 9.78 Å². The number of nitrogens with one attached hydrogen (secondary N) is 1. The molecule has 1 heterocycles. The zero-order valence-corrected chi connectivity index (χ0v) is 11.1. The Morgan fingerprint density at radius 2 is 2.15 bits per heavy atom. The van der Waals surface area contributed by atoms with E-state index in [4.69, 9.17) is 5.73 Å². The highest BCUT2D eigenvalue weighted by Gasteiger charge is 2.09. The molecule has 0 fully saturated rings. The summed E-state index contributed by atoms with van der Waals surface area (Å²) in [6.45, 7) is 0. The molecule has 2 rings (SSSR count). The quantitative estimate of drug-likeness (QED) is 0.851. The second kappa shape index (κ2) is 6.33. The van der Waals surface area contributed by atoms with Crippen LogP contribution in [0.15, 0.2) is 41.6 Å². The molecular formula is C13H11F2N3OS. The molecule has 0 unspecified atom stereocenters. The molecule has 4 nitrogen and oxygen atoms in total. The maximum atomic E-state index is 13.3. The van der Waals surface area contributed by atoms with Gasteiger partial charge < -0.3 is 11.1 Å².